The number of hydrogen-bond acceptors (Lipinski definition) is 3. The standard InChI is InChI=1S/C11H16N2O/c14-9-1-3-11(4-2-9)5-7-13-8-6-12-10(11)13/h5-10,12,14H,1-4H2. The van der Waals surface area contributed by atoms with E-state index in [2.05, 4.69) is 28.7 Å². The lowest BCUT2D eigenvalue weighted by molar-refractivity contribution is 0.0576. The molecular weight excluding hydrogens is 176 g/mol. The molecule has 3 heteroatoms. The van der Waals surface area contributed by atoms with E-state index in [1.807, 2.05) is 6.20 Å². The maximum Gasteiger partial charge on any atom is 0.111 e. The molecule has 0 aromatic heterocycles. The lowest BCUT2D eigenvalue weighted by Crippen LogP contribution is -2.45. The molecule has 2 heterocycles. The minimum atomic E-state index is -0.0718. The largest absolute Gasteiger partial charge is 0.393 e. The first-order valence-electron chi connectivity index (χ1n) is 5.38. The minimum Gasteiger partial charge on any atom is -0.393 e. The fourth-order valence-electron chi connectivity index (χ4n) is 2.90. The van der Waals surface area contributed by atoms with Crippen molar-refractivity contribution in [2.24, 2.45) is 5.41 Å². The number of rotatable bonds is 0. The van der Waals surface area contributed by atoms with Gasteiger partial charge in [-0.2, -0.15) is 0 Å². The van der Waals surface area contributed by atoms with Crippen molar-refractivity contribution >= 4 is 0 Å². The summed E-state index contributed by atoms with van der Waals surface area (Å²) in [7, 11) is 0. The van der Waals surface area contributed by atoms with Crippen molar-refractivity contribution in [3.8, 4) is 0 Å². The Hall–Kier alpha value is -0.960. The van der Waals surface area contributed by atoms with Gasteiger partial charge in [0.05, 0.1) is 6.10 Å². The molecule has 1 spiro atoms. The number of nitrogens with one attached hydrogen (secondary N) is 1. The van der Waals surface area contributed by atoms with Crippen LogP contribution in [0.5, 0.6) is 0 Å². The Morgan fingerprint density at radius 1 is 1.29 bits per heavy atom. The second-order valence-electron chi connectivity index (χ2n) is 4.61. The van der Waals surface area contributed by atoms with Crippen molar-refractivity contribution in [2.45, 2.75) is 38.0 Å². The van der Waals surface area contributed by atoms with E-state index in [4.69, 9.17) is 0 Å². The maximum atomic E-state index is 9.52. The Morgan fingerprint density at radius 3 is 2.86 bits per heavy atom. The van der Waals surface area contributed by atoms with Crippen LogP contribution >= 0.6 is 0 Å². The Kier molecular flexibility index (Phi) is 1.65. The van der Waals surface area contributed by atoms with Crippen molar-refractivity contribution < 1.29 is 5.11 Å². The molecule has 1 atom stereocenters. The number of nitrogens with zero attached hydrogens (tertiary/aromatic N) is 1. The van der Waals surface area contributed by atoms with Crippen LogP contribution in [0.4, 0.5) is 0 Å². The Bertz CT molecular complexity index is 290. The summed E-state index contributed by atoms with van der Waals surface area (Å²) < 4.78 is 0. The van der Waals surface area contributed by atoms with Gasteiger partial charge in [0.2, 0.25) is 0 Å². The zero-order valence-corrected chi connectivity index (χ0v) is 8.19. The highest BCUT2D eigenvalue weighted by Gasteiger charge is 2.45. The molecule has 3 rings (SSSR count). The Morgan fingerprint density at radius 2 is 2.07 bits per heavy atom. The van der Waals surface area contributed by atoms with Gasteiger partial charge in [-0.25, -0.2) is 0 Å². The van der Waals surface area contributed by atoms with Crippen molar-refractivity contribution in [3.63, 3.8) is 0 Å². The van der Waals surface area contributed by atoms with E-state index in [0.717, 1.165) is 25.7 Å². The summed E-state index contributed by atoms with van der Waals surface area (Å²) in [6.07, 6.45) is 13.0. The number of aliphatic hydroxyl groups excluding tert-OH is 1. The lowest BCUT2D eigenvalue weighted by atomic mass is 9.72. The van der Waals surface area contributed by atoms with E-state index < -0.39 is 0 Å². The van der Waals surface area contributed by atoms with Gasteiger partial charge in [0, 0.05) is 24.0 Å². The van der Waals surface area contributed by atoms with Gasteiger partial charge in [0.25, 0.3) is 0 Å². The zero-order valence-electron chi connectivity index (χ0n) is 8.19. The second-order valence-corrected chi connectivity index (χ2v) is 4.61. The van der Waals surface area contributed by atoms with Crippen LogP contribution in [-0.4, -0.2) is 22.3 Å². The highest BCUT2D eigenvalue weighted by molar-refractivity contribution is 5.20. The molecule has 76 valence electrons. The predicted octanol–water partition coefficient (Wildman–Crippen LogP) is 1.14. The van der Waals surface area contributed by atoms with Gasteiger partial charge < -0.3 is 15.3 Å². The summed E-state index contributed by atoms with van der Waals surface area (Å²) in [5.41, 5.74) is 0.267. The summed E-state index contributed by atoms with van der Waals surface area (Å²) in [6, 6.07) is 0. The maximum absolute atomic E-state index is 9.52. The molecule has 2 N–H and O–H groups in total. The number of hydrogen-bond donors (Lipinski definition) is 2. The second kappa shape index (κ2) is 2.76. The zero-order chi connectivity index (χ0) is 9.60. The molecule has 14 heavy (non-hydrogen) atoms. The van der Waals surface area contributed by atoms with Gasteiger partial charge in [-0.15, -0.1) is 0 Å². The lowest BCUT2D eigenvalue weighted by Gasteiger charge is -2.39. The molecule has 0 aromatic carbocycles. The van der Waals surface area contributed by atoms with Crippen LogP contribution in [0.2, 0.25) is 0 Å². The van der Waals surface area contributed by atoms with Crippen LogP contribution in [0.1, 0.15) is 25.7 Å². The van der Waals surface area contributed by atoms with Crippen LogP contribution in [0.15, 0.2) is 24.7 Å². The first kappa shape index (κ1) is 8.36. The molecule has 0 radical (unpaired) electrons. The Balaban J connectivity index is 1.82. The predicted molar refractivity (Wildman–Crippen MR) is 54.0 cm³/mol. The van der Waals surface area contributed by atoms with E-state index in [-0.39, 0.29) is 11.5 Å². The normalized spacial score (nSPS) is 44.5. The van der Waals surface area contributed by atoms with E-state index in [9.17, 15) is 5.11 Å². The van der Waals surface area contributed by atoms with Crippen molar-refractivity contribution in [3.05, 3.63) is 24.7 Å². The summed E-state index contributed by atoms with van der Waals surface area (Å²) in [4.78, 5) is 2.23. The topological polar surface area (TPSA) is 35.5 Å². The third-order valence-electron chi connectivity index (χ3n) is 3.81. The fraction of sp³-hybridized carbons (Fsp3) is 0.636. The quantitative estimate of drug-likeness (QED) is 0.604. The SMILES string of the molecule is OC1CCC2(C=CN3C=CNC32)CC1. The molecule has 3 nitrogen and oxygen atoms in total. The molecular formula is C11H16N2O. The average molecular weight is 192 g/mol. The monoisotopic (exact) mass is 192 g/mol. The summed E-state index contributed by atoms with van der Waals surface area (Å²) in [5, 5.41) is 12.9. The number of fused-ring (bicyclic) bond motifs is 2. The van der Waals surface area contributed by atoms with Crippen molar-refractivity contribution in [2.75, 3.05) is 0 Å². The first-order valence-corrected chi connectivity index (χ1v) is 5.38. The molecule has 3 aliphatic rings. The molecule has 1 unspecified atom stereocenters. The van der Waals surface area contributed by atoms with E-state index >= 15 is 0 Å². The summed E-state index contributed by atoms with van der Waals surface area (Å²) in [5.74, 6) is 0. The van der Waals surface area contributed by atoms with Gasteiger partial charge in [0.15, 0.2) is 0 Å². The minimum absolute atomic E-state index is 0.0718. The van der Waals surface area contributed by atoms with Gasteiger partial charge in [-0.1, -0.05) is 6.08 Å². The molecule has 0 amide bonds. The molecule has 0 aromatic rings. The smallest absolute Gasteiger partial charge is 0.111 e. The van der Waals surface area contributed by atoms with Crippen LogP contribution in [0.25, 0.3) is 0 Å². The molecule has 1 aliphatic carbocycles. The van der Waals surface area contributed by atoms with Gasteiger partial charge >= 0.3 is 0 Å². The molecule has 1 fully saturated rings. The van der Waals surface area contributed by atoms with Crippen molar-refractivity contribution in [1.82, 2.24) is 10.2 Å². The van der Waals surface area contributed by atoms with Crippen LogP contribution in [0, 0.1) is 5.41 Å². The highest BCUT2D eigenvalue weighted by atomic mass is 16.3. The van der Waals surface area contributed by atoms with Gasteiger partial charge in [-0.05, 0) is 25.7 Å². The van der Waals surface area contributed by atoms with Crippen LogP contribution in [0.3, 0.4) is 0 Å². The van der Waals surface area contributed by atoms with E-state index in [1.54, 1.807) is 0 Å². The summed E-state index contributed by atoms with van der Waals surface area (Å²) in [6.45, 7) is 0. The van der Waals surface area contributed by atoms with Crippen molar-refractivity contribution in [1.29, 1.82) is 0 Å². The van der Waals surface area contributed by atoms with E-state index in [1.165, 1.54) is 0 Å². The van der Waals surface area contributed by atoms with Gasteiger partial charge in [-0.3, -0.25) is 0 Å². The molecule has 1 saturated carbocycles. The van der Waals surface area contributed by atoms with E-state index in [0.29, 0.717) is 6.17 Å². The molecule has 0 bridgehead atoms. The Labute approximate surface area is 84.1 Å². The highest BCUT2D eigenvalue weighted by Crippen LogP contribution is 2.46. The number of aliphatic hydroxyl groups is 1. The molecule has 0 saturated heterocycles. The summed E-state index contributed by atoms with van der Waals surface area (Å²) >= 11 is 0. The van der Waals surface area contributed by atoms with Crippen LogP contribution < -0.4 is 5.32 Å². The van der Waals surface area contributed by atoms with Gasteiger partial charge in [0.1, 0.15) is 6.17 Å². The first-order chi connectivity index (χ1) is 6.80. The average Bonchev–Trinajstić information content (AvgIpc) is 2.75. The molecule has 2 aliphatic heterocycles. The van der Waals surface area contributed by atoms with Crippen LogP contribution in [-0.2, 0) is 0 Å². The fourth-order valence-corrected chi connectivity index (χ4v) is 2.90. The third kappa shape index (κ3) is 1.02. The third-order valence-corrected chi connectivity index (χ3v) is 3.81.